The summed E-state index contributed by atoms with van der Waals surface area (Å²) in [5.41, 5.74) is 0.728. The standard InChI is InChI=1S/C23H32N6O4S/c1-5-8-20-24-16(4)21-23(30)25-22(26-29(20)21)18-15-17(9-10-19(18)33-7-3)34(31,32)28-13-11-27(6-2)12-14-28/h9-10,15H,5-8,11-14H2,1-4H3,(H,25,26,30)/i2D3,6D2. The summed E-state index contributed by atoms with van der Waals surface area (Å²) in [6, 6.07) is 4.30. The number of aryl methyl sites for hydroxylation is 2. The molecule has 34 heavy (non-hydrogen) atoms. The third-order valence-corrected chi connectivity index (χ3v) is 7.65. The summed E-state index contributed by atoms with van der Waals surface area (Å²) in [4.78, 5) is 21.3. The Morgan fingerprint density at radius 1 is 1.24 bits per heavy atom. The number of likely N-dealkylation sites (N-methyl/N-ethyl adjacent to an activating group) is 1. The number of piperazine rings is 1. The minimum atomic E-state index is -4.04. The summed E-state index contributed by atoms with van der Waals surface area (Å²) in [7, 11) is -4.04. The van der Waals surface area contributed by atoms with Crippen molar-refractivity contribution >= 4 is 15.5 Å². The topological polar surface area (TPSA) is 113 Å². The Balaban J connectivity index is 1.72. The van der Waals surface area contributed by atoms with Crippen LogP contribution in [0.15, 0.2) is 27.9 Å². The first-order chi connectivity index (χ1) is 18.2. The number of benzene rings is 1. The Hall–Kier alpha value is -2.76. The zero-order chi connectivity index (χ0) is 28.8. The number of nitrogens with one attached hydrogen (secondary N) is 1. The van der Waals surface area contributed by atoms with Crippen molar-refractivity contribution in [2.75, 3.05) is 39.3 Å². The van der Waals surface area contributed by atoms with Crippen LogP contribution in [0.25, 0.3) is 16.9 Å². The van der Waals surface area contributed by atoms with Crippen molar-refractivity contribution < 1.29 is 20.0 Å². The second kappa shape index (κ2) is 9.85. The predicted octanol–water partition coefficient (Wildman–Crippen LogP) is 2.07. The first kappa shape index (κ1) is 18.6. The molecular weight excluding hydrogens is 456 g/mol. The average Bonchev–Trinajstić information content (AvgIpc) is 3.19. The number of aromatic nitrogens is 4. The minimum Gasteiger partial charge on any atom is -0.493 e. The molecule has 11 heteroatoms. The second-order valence-corrected chi connectivity index (χ2v) is 9.96. The molecule has 0 atom stereocenters. The molecule has 2 aromatic heterocycles. The Bertz CT molecular complexity index is 1530. The van der Waals surface area contributed by atoms with Gasteiger partial charge in [-0.1, -0.05) is 13.8 Å². The van der Waals surface area contributed by atoms with Gasteiger partial charge in [-0.2, -0.15) is 4.31 Å². The number of aromatic amines is 1. The van der Waals surface area contributed by atoms with Crippen molar-refractivity contribution in [1.82, 2.24) is 28.8 Å². The molecule has 3 aromatic rings. The van der Waals surface area contributed by atoms with Gasteiger partial charge in [-0.3, -0.25) is 4.79 Å². The molecule has 1 fully saturated rings. The summed E-state index contributed by atoms with van der Waals surface area (Å²) >= 11 is 0. The van der Waals surface area contributed by atoms with E-state index in [1.165, 1.54) is 27.0 Å². The van der Waals surface area contributed by atoms with Crippen molar-refractivity contribution in [3.63, 3.8) is 0 Å². The Morgan fingerprint density at radius 3 is 2.68 bits per heavy atom. The van der Waals surface area contributed by atoms with Crippen LogP contribution in [0.3, 0.4) is 0 Å². The van der Waals surface area contributed by atoms with Gasteiger partial charge in [-0.25, -0.2) is 17.9 Å². The second-order valence-electron chi connectivity index (χ2n) is 8.02. The highest BCUT2D eigenvalue weighted by Crippen LogP contribution is 2.31. The van der Waals surface area contributed by atoms with Gasteiger partial charge in [0.15, 0.2) is 11.3 Å². The van der Waals surface area contributed by atoms with Gasteiger partial charge in [0, 0.05) is 39.5 Å². The van der Waals surface area contributed by atoms with E-state index in [0.29, 0.717) is 35.8 Å². The predicted molar refractivity (Wildman–Crippen MR) is 130 cm³/mol. The number of hydrogen-bond donors (Lipinski definition) is 1. The highest BCUT2D eigenvalue weighted by Gasteiger charge is 2.29. The Labute approximate surface area is 206 Å². The minimum absolute atomic E-state index is 0.0634. The van der Waals surface area contributed by atoms with Gasteiger partial charge in [-0.05, 0) is 45.0 Å². The fourth-order valence-corrected chi connectivity index (χ4v) is 5.52. The van der Waals surface area contributed by atoms with E-state index in [4.69, 9.17) is 11.6 Å². The quantitative estimate of drug-likeness (QED) is 0.511. The number of imidazole rings is 1. The van der Waals surface area contributed by atoms with Crippen molar-refractivity contribution in [2.45, 2.75) is 45.4 Å². The zero-order valence-electron chi connectivity index (χ0n) is 24.5. The fourth-order valence-electron chi connectivity index (χ4n) is 4.07. The highest BCUT2D eigenvalue weighted by atomic mass is 32.2. The zero-order valence-corrected chi connectivity index (χ0v) is 20.3. The number of fused-ring (bicyclic) bond motifs is 1. The number of nitrogens with zero attached hydrogens (tertiary/aromatic N) is 5. The number of hydrogen-bond acceptors (Lipinski definition) is 7. The van der Waals surface area contributed by atoms with Crippen LogP contribution in [0.2, 0.25) is 0 Å². The van der Waals surface area contributed by atoms with Gasteiger partial charge < -0.3 is 14.6 Å². The molecule has 3 heterocycles. The van der Waals surface area contributed by atoms with Crippen LogP contribution in [0.4, 0.5) is 0 Å². The smallest absolute Gasteiger partial charge is 0.277 e. The van der Waals surface area contributed by atoms with Crippen LogP contribution in [-0.2, 0) is 16.4 Å². The highest BCUT2D eigenvalue weighted by molar-refractivity contribution is 7.89. The van der Waals surface area contributed by atoms with Crippen LogP contribution in [0, 0.1) is 6.92 Å². The third-order valence-electron chi connectivity index (χ3n) is 5.76. The Morgan fingerprint density at radius 2 is 2.00 bits per heavy atom. The van der Waals surface area contributed by atoms with E-state index in [9.17, 15) is 13.2 Å². The Kier molecular flexibility index (Phi) is 5.37. The maximum absolute atomic E-state index is 13.6. The molecule has 4 rings (SSSR count). The molecule has 1 N–H and O–H groups in total. The van der Waals surface area contributed by atoms with E-state index in [1.54, 1.807) is 13.8 Å². The van der Waals surface area contributed by atoms with Crippen molar-refractivity contribution in [1.29, 1.82) is 0 Å². The lowest BCUT2D eigenvalue weighted by molar-refractivity contribution is 0.196. The molecule has 0 unspecified atom stereocenters. The molecule has 0 saturated carbocycles. The average molecular weight is 494 g/mol. The molecule has 1 aliphatic rings. The monoisotopic (exact) mass is 493 g/mol. The van der Waals surface area contributed by atoms with Crippen LogP contribution in [0.1, 0.15) is 45.5 Å². The third kappa shape index (κ3) is 4.47. The van der Waals surface area contributed by atoms with E-state index < -0.39 is 28.9 Å². The van der Waals surface area contributed by atoms with Gasteiger partial charge in [-0.15, -0.1) is 5.10 Å². The van der Waals surface area contributed by atoms with Crippen LogP contribution in [-0.4, -0.2) is 76.5 Å². The number of ether oxygens (including phenoxy) is 1. The molecule has 0 bridgehead atoms. The van der Waals surface area contributed by atoms with Gasteiger partial charge >= 0.3 is 0 Å². The molecule has 0 spiro atoms. The van der Waals surface area contributed by atoms with Gasteiger partial charge in [0.05, 0.1) is 22.8 Å². The number of sulfonamides is 1. The lowest BCUT2D eigenvalue weighted by atomic mass is 10.2. The molecule has 0 radical (unpaired) electrons. The van der Waals surface area contributed by atoms with E-state index in [1.807, 2.05) is 6.92 Å². The van der Waals surface area contributed by atoms with E-state index in [0.717, 1.165) is 11.3 Å². The molecule has 1 aliphatic heterocycles. The summed E-state index contributed by atoms with van der Waals surface area (Å²) in [5, 5.41) is 4.59. The van der Waals surface area contributed by atoms with Gasteiger partial charge in [0.2, 0.25) is 10.0 Å². The first-order valence-electron chi connectivity index (χ1n) is 13.7. The molecular formula is C23H32N6O4S. The van der Waals surface area contributed by atoms with Crippen molar-refractivity contribution in [2.24, 2.45) is 0 Å². The normalized spacial score (nSPS) is 18.7. The SMILES string of the molecule is [2H]C([2H])([2H])C([2H])([2H])N1CCN(S(=O)(=O)c2ccc(OCC)c(-c3nn4c(CCC)nc(C)c4c(=O)[nH]3)c2)CC1. The molecule has 1 saturated heterocycles. The number of rotatable bonds is 8. The molecule has 184 valence electrons. The molecule has 1 aromatic carbocycles. The summed E-state index contributed by atoms with van der Waals surface area (Å²) in [6.07, 6.45) is 1.39. The van der Waals surface area contributed by atoms with E-state index in [2.05, 4.69) is 15.1 Å². The maximum atomic E-state index is 13.6. The lowest BCUT2D eigenvalue weighted by Crippen LogP contribution is -2.48. The maximum Gasteiger partial charge on any atom is 0.277 e. The summed E-state index contributed by atoms with van der Waals surface area (Å²) < 4.78 is 73.9. The van der Waals surface area contributed by atoms with Gasteiger partial charge in [0.25, 0.3) is 5.56 Å². The number of H-pyrrole nitrogens is 1. The van der Waals surface area contributed by atoms with Crippen molar-refractivity contribution in [3.8, 4) is 17.1 Å². The van der Waals surface area contributed by atoms with Crippen LogP contribution in [0.5, 0.6) is 5.75 Å². The lowest BCUT2D eigenvalue weighted by Gasteiger charge is -2.33. The van der Waals surface area contributed by atoms with Crippen LogP contribution < -0.4 is 10.3 Å². The van der Waals surface area contributed by atoms with Crippen molar-refractivity contribution in [3.05, 3.63) is 40.1 Å². The van der Waals surface area contributed by atoms with Gasteiger partial charge in [0.1, 0.15) is 11.6 Å². The fraction of sp³-hybridized carbons (Fsp3) is 0.522. The molecule has 0 aliphatic carbocycles. The van der Waals surface area contributed by atoms with E-state index >= 15 is 0 Å². The summed E-state index contributed by atoms with van der Waals surface area (Å²) in [5.74, 6) is 1.08. The largest absolute Gasteiger partial charge is 0.493 e. The molecule has 10 nitrogen and oxygen atoms in total. The van der Waals surface area contributed by atoms with E-state index in [-0.39, 0.29) is 42.5 Å². The molecule has 0 amide bonds. The van der Waals surface area contributed by atoms with Crippen LogP contribution >= 0.6 is 0 Å². The first-order valence-corrected chi connectivity index (χ1v) is 12.7. The summed E-state index contributed by atoms with van der Waals surface area (Å²) in [6.45, 7) is 0.0126.